The molecule has 0 fully saturated rings. The van der Waals surface area contributed by atoms with Crippen molar-refractivity contribution in [1.82, 2.24) is 10.2 Å². The predicted molar refractivity (Wildman–Crippen MR) is 74.5 cm³/mol. The first-order valence-corrected chi connectivity index (χ1v) is 6.99. The average molecular weight is 294 g/mol. The summed E-state index contributed by atoms with van der Waals surface area (Å²) in [6, 6.07) is 4.36. The van der Waals surface area contributed by atoms with Crippen molar-refractivity contribution in [2.75, 3.05) is 6.61 Å². The number of benzene rings is 1. The molecule has 5 nitrogen and oxygen atoms in total. The van der Waals surface area contributed by atoms with Gasteiger partial charge in [0.2, 0.25) is 11.8 Å². The lowest BCUT2D eigenvalue weighted by atomic mass is 10.1. The van der Waals surface area contributed by atoms with Crippen LogP contribution in [0.4, 0.5) is 4.39 Å². The highest BCUT2D eigenvalue weighted by atomic mass is 19.1. The predicted octanol–water partition coefficient (Wildman–Crippen LogP) is 2.97. The van der Waals surface area contributed by atoms with E-state index >= 15 is 0 Å². The van der Waals surface area contributed by atoms with Crippen molar-refractivity contribution >= 4 is 0 Å². The number of nitrogens with zero attached hydrogens (tertiary/aromatic N) is 2. The minimum atomic E-state index is -1.06. The lowest BCUT2D eigenvalue weighted by molar-refractivity contribution is 0.163. The van der Waals surface area contributed by atoms with E-state index in [2.05, 4.69) is 17.1 Å². The third-order valence-electron chi connectivity index (χ3n) is 3.03. The van der Waals surface area contributed by atoms with Crippen LogP contribution in [0, 0.1) is 12.7 Å². The molecule has 0 saturated carbocycles. The summed E-state index contributed by atoms with van der Waals surface area (Å²) >= 11 is 0. The Balaban J connectivity index is 2.08. The van der Waals surface area contributed by atoms with Gasteiger partial charge in [0, 0.05) is 12.5 Å². The third-order valence-corrected chi connectivity index (χ3v) is 3.03. The summed E-state index contributed by atoms with van der Waals surface area (Å²) in [5.41, 5.74) is 0.167. The number of halogens is 1. The number of ether oxygens (including phenoxy) is 1. The second-order valence-electron chi connectivity index (χ2n) is 4.82. The van der Waals surface area contributed by atoms with Crippen molar-refractivity contribution in [3.63, 3.8) is 0 Å². The summed E-state index contributed by atoms with van der Waals surface area (Å²) in [4.78, 5) is 0. The third kappa shape index (κ3) is 4.26. The Bertz CT molecular complexity index is 586. The van der Waals surface area contributed by atoms with Crippen LogP contribution >= 0.6 is 0 Å². The normalized spacial score (nSPS) is 12.4. The Hall–Kier alpha value is -1.95. The molecule has 2 rings (SSSR count). The molecule has 21 heavy (non-hydrogen) atoms. The molecule has 0 aliphatic carbocycles. The average Bonchev–Trinajstić information content (AvgIpc) is 2.86. The molecule has 0 radical (unpaired) electrons. The first-order chi connectivity index (χ1) is 10.1. The fourth-order valence-electron chi connectivity index (χ4n) is 1.90. The fourth-order valence-corrected chi connectivity index (χ4v) is 1.90. The summed E-state index contributed by atoms with van der Waals surface area (Å²) in [5, 5.41) is 17.6. The second kappa shape index (κ2) is 7.17. The quantitative estimate of drug-likeness (QED) is 0.795. The first kappa shape index (κ1) is 15.4. The largest absolute Gasteiger partial charge is 0.494 e. The van der Waals surface area contributed by atoms with Crippen molar-refractivity contribution in [1.29, 1.82) is 0 Å². The van der Waals surface area contributed by atoms with Gasteiger partial charge in [-0.05, 0) is 24.6 Å². The molecule has 0 aliphatic heterocycles. The molecule has 1 aromatic carbocycles. The van der Waals surface area contributed by atoms with Gasteiger partial charge in [0.25, 0.3) is 0 Å². The van der Waals surface area contributed by atoms with E-state index in [4.69, 9.17) is 9.15 Å². The lowest BCUT2D eigenvalue weighted by Crippen LogP contribution is -2.06. The molecule has 2 aromatic rings. The monoisotopic (exact) mass is 294 g/mol. The molecule has 1 unspecified atom stereocenters. The van der Waals surface area contributed by atoms with Crippen LogP contribution in [-0.4, -0.2) is 21.9 Å². The number of aliphatic hydroxyl groups excluding tert-OH is 1. The molecule has 0 bridgehead atoms. The van der Waals surface area contributed by atoms with Gasteiger partial charge in [0.15, 0.2) is 0 Å². The topological polar surface area (TPSA) is 68.4 Å². The molecular weight excluding hydrogens is 275 g/mol. The number of rotatable bonds is 7. The van der Waals surface area contributed by atoms with Crippen molar-refractivity contribution in [2.24, 2.45) is 0 Å². The molecule has 0 spiro atoms. The molecule has 6 heteroatoms. The summed E-state index contributed by atoms with van der Waals surface area (Å²) in [6.07, 6.45) is 0.958. The summed E-state index contributed by atoms with van der Waals surface area (Å²) in [5.74, 6) is 0.744. The lowest BCUT2D eigenvalue weighted by Gasteiger charge is -2.12. The number of aliphatic hydroxyl groups is 1. The summed E-state index contributed by atoms with van der Waals surface area (Å²) < 4.78 is 24.5. The number of hydrogen-bond acceptors (Lipinski definition) is 5. The van der Waals surface area contributed by atoms with E-state index in [1.165, 1.54) is 12.1 Å². The molecule has 1 heterocycles. The minimum Gasteiger partial charge on any atom is -0.494 e. The Kier molecular flexibility index (Phi) is 5.27. The van der Waals surface area contributed by atoms with Gasteiger partial charge < -0.3 is 14.3 Å². The van der Waals surface area contributed by atoms with Crippen LogP contribution in [-0.2, 0) is 6.42 Å². The number of hydrogen-bond donors (Lipinski definition) is 1. The van der Waals surface area contributed by atoms with Crippen molar-refractivity contribution in [3.8, 4) is 5.75 Å². The Labute approximate surface area is 122 Å². The molecule has 1 atom stereocenters. The van der Waals surface area contributed by atoms with Gasteiger partial charge in [-0.2, -0.15) is 0 Å². The zero-order chi connectivity index (χ0) is 15.2. The van der Waals surface area contributed by atoms with Gasteiger partial charge in [-0.25, -0.2) is 4.39 Å². The maximum Gasteiger partial charge on any atom is 0.219 e. The molecule has 0 aliphatic rings. The van der Waals surface area contributed by atoms with Crippen LogP contribution in [0.15, 0.2) is 22.6 Å². The van der Waals surface area contributed by atoms with Crippen LogP contribution in [0.1, 0.15) is 43.2 Å². The Morgan fingerprint density at radius 3 is 2.86 bits per heavy atom. The van der Waals surface area contributed by atoms with Gasteiger partial charge >= 0.3 is 0 Å². The fraction of sp³-hybridized carbons (Fsp3) is 0.467. The molecule has 1 N–H and O–H groups in total. The van der Waals surface area contributed by atoms with Gasteiger partial charge in [-0.3, -0.25) is 0 Å². The van der Waals surface area contributed by atoms with Gasteiger partial charge in [-0.15, -0.1) is 10.2 Å². The van der Waals surface area contributed by atoms with Crippen molar-refractivity contribution in [2.45, 2.75) is 39.2 Å². The molecule has 1 aromatic heterocycles. The highest BCUT2D eigenvalue weighted by molar-refractivity contribution is 5.31. The van der Waals surface area contributed by atoms with Gasteiger partial charge in [-0.1, -0.05) is 13.3 Å². The van der Waals surface area contributed by atoms with Crippen molar-refractivity contribution < 1.29 is 18.7 Å². The van der Waals surface area contributed by atoms with Crippen LogP contribution in [0.25, 0.3) is 0 Å². The van der Waals surface area contributed by atoms with Crippen LogP contribution in [0.3, 0.4) is 0 Å². The summed E-state index contributed by atoms with van der Waals surface area (Å²) in [7, 11) is 0. The SMILES string of the molecule is CCCCOc1ccc(F)c(C(O)Cc2nnc(C)o2)c1. The van der Waals surface area contributed by atoms with E-state index in [1.54, 1.807) is 13.0 Å². The highest BCUT2D eigenvalue weighted by Crippen LogP contribution is 2.25. The van der Waals surface area contributed by atoms with Crippen LogP contribution in [0.2, 0.25) is 0 Å². The van der Waals surface area contributed by atoms with Crippen molar-refractivity contribution in [3.05, 3.63) is 41.4 Å². The first-order valence-electron chi connectivity index (χ1n) is 6.99. The molecule has 0 saturated heterocycles. The Morgan fingerprint density at radius 1 is 1.38 bits per heavy atom. The van der Waals surface area contributed by atoms with E-state index in [-0.39, 0.29) is 17.9 Å². The van der Waals surface area contributed by atoms with E-state index in [0.29, 0.717) is 18.2 Å². The standard InChI is InChI=1S/C15H19FN2O3/c1-3-4-7-20-11-5-6-13(16)12(8-11)14(19)9-15-18-17-10(2)21-15/h5-6,8,14,19H,3-4,7,9H2,1-2H3. The summed E-state index contributed by atoms with van der Waals surface area (Å²) in [6.45, 7) is 4.29. The molecule has 0 amide bonds. The van der Waals surface area contributed by atoms with Gasteiger partial charge in [0.1, 0.15) is 11.6 Å². The van der Waals surface area contributed by atoms with Gasteiger partial charge in [0.05, 0.1) is 19.1 Å². The Morgan fingerprint density at radius 2 is 2.19 bits per heavy atom. The maximum absolute atomic E-state index is 13.8. The molecule has 114 valence electrons. The number of aromatic nitrogens is 2. The zero-order valence-electron chi connectivity index (χ0n) is 12.2. The second-order valence-corrected chi connectivity index (χ2v) is 4.82. The minimum absolute atomic E-state index is 0.0656. The van der Waals surface area contributed by atoms with Crippen LogP contribution in [0.5, 0.6) is 5.75 Å². The maximum atomic E-state index is 13.8. The number of unbranched alkanes of at least 4 members (excludes halogenated alkanes) is 1. The van der Waals surface area contributed by atoms with E-state index in [9.17, 15) is 9.50 Å². The smallest absolute Gasteiger partial charge is 0.219 e. The zero-order valence-corrected chi connectivity index (χ0v) is 12.2. The van der Waals surface area contributed by atoms with E-state index in [0.717, 1.165) is 12.8 Å². The van der Waals surface area contributed by atoms with E-state index < -0.39 is 11.9 Å². The number of aryl methyl sites for hydroxylation is 1. The van der Waals surface area contributed by atoms with E-state index in [1.807, 2.05) is 0 Å². The highest BCUT2D eigenvalue weighted by Gasteiger charge is 2.17. The molecular formula is C15H19FN2O3. The van der Waals surface area contributed by atoms with Crippen LogP contribution < -0.4 is 4.74 Å².